The number of hydrogen-bond donors (Lipinski definition) is 1. The summed E-state index contributed by atoms with van der Waals surface area (Å²) in [6, 6.07) is 0. The van der Waals surface area contributed by atoms with Crippen LogP contribution in [0.15, 0.2) is 0 Å². The van der Waals surface area contributed by atoms with Gasteiger partial charge in [0.15, 0.2) is 0 Å². The molecule has 0 aromatic carbocycles. The van der Waals surface area contributed by atoms with Gasteiger partial charge in [-0.2, -0.15) is 0 Å². The Morgan fingerprint density at radius 2 is 1.75 bits per heavy atom. The van der Waals surface area contributed by atoms with Crippen LogP contribution in [-0.2, 0) is 4.74 Å². The zero-order valence-corrected chi connectivity index (χ0v) is 10.3. The first kappa shape index (κ1) is 12.3. The van der Waals surface area contributed by atoms with Gasteiger partial charge in [0.05, 0.1) is 18.8 Å². The first-order chi connectivity index (χ1) is 7.79. The van der Waals surface area contributed by atoms with Crippen LogP contribution < -0.4 is 0 Å². The molecule has 1 saturated carbocycles. The van der Waals surface area contributed by atoms with E-state index in [-0.39, 0.29) is 5.60 Å². The molecule has 1 saturated heterocycles. The Bertz CT molecular complexity index is 196. The van der Waals surface area contributed by atoms with Gasteiger partial charge < -0.3 is 9.84 Å². The van der Waals surface area contributed by atoms with Crippen LogP contribution in [0, 0.1) is 0 Å². The monoisotopic (exact) mass is 227 g/mol. The van der Waals surface area contributed by atoms with Gasteiger partial charge in [0.25, 0.3) is 0 Å². The summed E-state index contributed by atoms with van der Waals surface area (Å²) in [7, 11) is 0. The van der Waals surface area contributed by atoms with Crippen LogP contribution >= 0.6 is 0 Å². The summed E-state index contributed by atoms with van der Waals surface area (Å²) in [5.41, 5.74) is -0.329. The van der Waals surface area contributed by atoms with Gasteiger partial charge in [0.1, 0.15) is 0 Å². The van der Waals surface area contributed by atoms with Crippen molar-refractivity contribution < 1.29 is 9.84 Å². The van der Waals surface area contributed by atoms with Crippen molar-refractivity contribution in [2.24, 2.45) is 0 Å². The first-order valence-corrected chi connectivity index (χ1v) is 6.81. The normalized spacial score (nSPS) is 26.8. The largest absolute Gasteiger partial charge is 0.390 e. The summed E-state index contributed by atoms with van der Waals surface area (Å²) < 4.78 is 5.32. The highest BCUT2D eigenvalue weighted by Gasteiger charge is 2.28. The van der Waals surface area contributed by atoms with E-state index in [9.17, 15) is 5.11 Å². The van der Waals surface area contributed by atoms with Crippen molar-refractivity contribution in [2.75, 3.05) is 32.8 Å². The fraction of sp³-hybridized carbons (Fsp3) is 1.00. The third-order valence-electron chi connectivity index (χ3n) is 4.00. The van der Waals surface area contributed by atoms with E-state index < -0.39 is 0 Å². The molecule has 0 bridgehead atoms. The molecule has 0 unspecified atom stereocenters. The fourth-order valence-electron chi connectivity index (χ4n) is 2.92. The van der Waals surface area contributed by atoms with Gasteiger partial charge >= 0.3 is 0 Å². The van der Waals surface area contributed by atoms with Crippen LogP contribution in [0.1, 0.15) is 44.9 Å². The lowest BCUT2D eigenvalue weighted by atomic mass is 9.82. The highest BCUT2D eigenvalue weighted by molar-refractivity contribution is 4.82. The summed E-state index contributed by atoms with van der Waals surface area (Å²) in [5.74, 6) is 0. The van der Waals surface area contributed by atoms with Crippen molar-refractivity contribution in [1.82, 2.24) is 4.90 Å². The lowest BCUT2D eigenvalue weighted by Crippen LogP contribution is -2.38. The van der Waals surface area contributed by atoms with Gasteiger partial charge in [-0.3, -0.25) is 4.90 Å². The number of aliphatic hydroxyl groups is 1. The second-order valence-electron chi connectivity index (χ2n) is 5.34. The molecule has 3 heteroatoms. The van der Waals surface area contributed by atoms with Crippen molar-refractivity contribution in [3.63, 3.8) is 0 Å². The molecular weight excluding hydrogens is 202 g/mol. The van der Waals surface area contributed by atoms with Crippen LogP contribution in [-0.4, -0.2) is 48.5 Å². The predicted octanol–water partition coefficient (Wildman–Crippen LogP) is 1.79. The average molecular weight is 227 g/mol. The quantitative estimate of drug-likeness (QED) is 0.795. The van der Waals surface area contributed by atoms with E-state index in [4.69, 9.17) is 4.74 Å². The smallest absolute Gasteiger partial charge is 0.0648 e. The summed E-state index contributed by atoms with van der Waals surface area (Å²) in [5, 5.41) is 10.4. The lowest BCUT2D eigenvalue weighted by Gasteiger charge is -2.33. The number of morpholine rings is 1. The van der Waals surface area contributed by atoms with Gasteiger partial charge in [-0.25, -0.2) is 0 Å². The van der Waals surface area contributed by atoms with Gasteiger partial charge in [-0.1, -0.05) is 19.3 Å². The van der Waals surface area contributed by atoms with Crippen LogP contribution in [0.25, 0.3) is 0 Å². The Balaban J connectivity index is 1.62. The second kappa shape index (κ2) is 5.99. The minimum absolute atomic E-state index is 0.329. The Morgan fingerprint density at radius 1 is 1.06 bits per heavy atom. The van der Waals surface area contributed by atoms with E-state index in [1.165, 1.54) is 19.3 Å². The molecule has 16 heavy (non-hydrogen) atoms. The van der Waals surface area contributed by atoms with Crippen LogP contribution in [0.4, 0.5) is 0 Å². The lowest BCUT2D eigenvalue weighted by molar-refractivity contribution is -0.0115. The van der Waals surface area contributed by atoms with Gasteiger partial charge in [0.2, 0.25) is 0 Å². The Kier molecular flexibility index (Phi) is 4.62. The molecular formula is C13H25NO2. The number of hydrogen-bond acceptors (Lipinski definition) is 3. The average Bonchev–Trinajstić information content (AvgIpc) is 2.31. The topological polar surface area (TPSA) is 32.7 Å². The van der Waals surface area contributed by atoms with Crippen molar-refractivity contribution in [3.8, 4) is 0 Å². The second-order valence-corrected chi connectivity index (χ2v) is 5.34. The van der Waals surface area contributed by atoms with Crippen LogP contribution in [0.3, 0.4) is 0 Å². The number of nitrogens with zero attached hydrogens (tertiary/aromatic N) is 1. The SMILES string of the molecule is OC1(CCCN2CCOCC2)CCCCC1. The van der Waals surface area contributed by atoms with Crippen molar-refractivity contribution in [2.45, 2.75) is 50.5 Å². The molecule has 0 radical (unpaired) electrons. The highest BCUT2D eigenvalue weighted by atomic mass is 16.5. The van der Waals surface area contributed by atoms with E-state index >= 15 is 0 Å². The maximum atomic E-state index is 10.4. The van der Waals surface area contributed by atoms with E-state index in [1.54, 1.807) is 0 Å². The summed E-state index contributed by atoms with van der Waals surface area (Å²) >= 11 is 0. The van der Waals surface area contributed by atoms with E-state index in [1.807, 2.05) is 0 Å². The van der Waals surface area contributed by atoms with Gasteiger partial charge in [-0.15, -0.1) is 0 Å². The van der Waals surface area contributed by atoms with E-state index in [2.05, 4.69) is 4.90 Å². The summed E-state index contributed by atoms with van der Waals surface area (Å²) in [4.78, 5) is 2.45. The molecule has 1 N–H and O–H groups in total. The maximum Gasteiger partial charge on any atom is 0.0648 e. The zero-order valence-electron chi connectivity index (χ0n) is 10.3. The summed E-state index contributed by atoms with van der Waals surface area (Å²) in [6.07, 6.45) is 7.92. The molecule has 0 aromatic heterocycles. The third-order valence-corrected chi connectivity index (χ3v) is 4.00. The molecule has 0 amide bonds. The molecule has 1 aliphatic heterocycles. The first-order valence-electron chi connectivity index (χ1n) is 6.81. The molecule has 2 fully saturated rings. The molecule has 0 atom stereocenters. The van der Waals surface area contributed by atoms with E-state index in [0.29, 0.717) is 0 Å². The van der Waals surface area contributed by atoms with Gasteiger partial charge in [0, 0.05) is 13.1 Å². The Hall–Kier alpha value is -0.120. The minimum atomic E-state index is -0.329. The molecule has 0 spiro atoms. The molecule has 94 valence electrons. The van der Waals surface area contributed by atoms with Crippen molar-refractivity contribution in [1.29, 1.82) is 0 Å². The van der Waals surface area contributed by atoms with Gasteiger partial charge in [-0.05, 0) is 32.2 Å². The standard InChI is InChI=1S/C13H25NO2/c15-13(5-2-1-3-6-13)7-4-8-14-9-11-16-12-10-14/h15H,1-12H2. The minimum Gasteiger partial charge on any atom is -0.390 e. The Morgan fingerprint density at radius 3 is 2.44 bits per heavy atom. The molecule has 0 aromatic rings. The highest BCUT2D eigenvalue weighted by Crippen LogP contribution is 2.31. The maximum absolute atomic E-state index is 10.4. The van der Waals surface area contributed by atoms with Crippen molar-refractivity contribution in [3.05, 3.63) is 0 Å². The number of rotatable bonds is 4. The molecule has 1 heterocycles. The summed E-state index contributed by atoms with van der Waals surface area (Å²) in [6.45, 7) is 5.02. The predicted molar refractivity (Wildman–Crippen MR) is 64.5 cm³/mol. The molecule has 2 aliphatic rings. The van der Waals surface area contributed by atoms with Crippen LogP contribution in [0.2, 0.25) is 0 Å². The fourth-order valence-corrected chi connectivity index (χ4v) is 2.92. The Labute approximate surface area is 98.8 Å². The van der Waals surface area contributed by atoms with E-state index in [0.717, 1.165) is 58.5 Å². The van der Waals surface area contributed by atoms with Crippen LogP contribution in [0.5, 0.6) is 0 Å². The zero-order chi connectivity index (χ0) is 11.3. The van der Waals surface area contributed by atoms with Crippen molar-refractivity contribution >= 4 is 0 Å². The third kappa shape index (κ3) is 3.72. The number of ether oxygens (including phenoxy) is 1. The molecule has 2 rings (SSSR count). The molecule has 1 aliphatic carbocycles. The molecule has 3 nitrogen and oxygen atoms in total.